The predicted octanol–water partition coefficient (Wildman–Crippen LogP) is 1.78. The molecule has 0 spiro atoms. The number of halogens is 2. The van der Waals surface area contributed by atoms with Crippen LogP contribution < -0.4 is 5.32 Å². The molecular weight excluding hydrogens is 250 g/mol. The van der Waals surface area contributed by atoms with E-state index in [0.717, 1.165) is 38.7 Å². The molecule has 3 nitrogen and oxygen atoms in total. The lowest BCUT2D eigenvalue weighted by molar-refractivity contribution is 0.159. The highest BCUT2D eigenvalue weighted by Crippen LogP contribution is 2.12. The molecule has 1 unspecified atom stereocenters. The molecule has 0 bridgehead atoms. The molecule has 5 heteroatoms. The molecule has 1 aliphatic heterocycles. The number of nitrogens with zero attached hydrogens (tertiary/aromatic N) is 1. The Morgan fingerprint density at radius 3 is 3.05 bits per heavy atom. The summed E-state index contributed by atoms with van der Waals surface area (Å²) < 4.78 is 31.5. The van der Waals surface area contributed by atoms with Gasteiger partial charge < -0.3 is 10.1 Å². The molecule has 106 valence electrons. The third-order valence-corrected chi connectivity index (χ3v) is 3.47. The standard InChI is InChI=1S/C14H20F2N2O/c1-19-7-6-18-5-4-13(10-18)17-9-11-8-12(15)2-3-14(11)16/h2-3,8,13,17H,4-7,9-10H2,1H3. The minimum absolute atomic E-state index is 0.333. The van der Waals surface area contributed by atoms with Gasteiger partial charge in [-0.2, -0.15) is 0 Å². The van der Waals surface area contributed by atoms with Crippen LogP contribution in [0.15, 0.2) is 18.2 Å². The van der Waals surface area contributed by atoms with Crippen LogP contribution in [0.2, 0.25) is 0 Å². The van der Waals surface area contributed by atoms with Crippen LogP contribution in [0.1, 0.15) is 12.0 Å². The second-order valence-corrected chi connectivity index (χ2v) is 4.90. The average molecular weight is 270 g/mol. The van der Waals surface area contributed by atoms with E-state index in [0.29, 0.717) is 18.2 Å². The highest BCUT2D eigenvalue weighted by molar-refractivity contribution is 5.18. The average Bonchev–Trinajstić information content (AvgIpc) is 2.85. The van der Waals surface area contributed by atoms with Gasteiger partial charge in [-0.3, -0.25) is 4.90 Å². The van der Waals surface area contributed by atoms with Crippen molar-refractivity contribution in [3.05, 3.63) is 35.4 Å². The first-order valence-corrected chi connectivity index (χ1v) is 6.57. The van der Waals surface area contributed by atoms with E-state index in [9.17, 15) is 8.78 Å². The fourth-order valence-corrected chi connectivity index (χ4v) is 2.36. The molecule has 1 aliphatic rings. The fourth-order valence-electron chi connectivity index (χ4n) is 2.36. The maximum atomic E-state index is 13.5. The molecule has 1 aromatic rings. The van der Waals surface area contributed by atoms with Crippen molar-refractivity contribution < 1.29 is 13.5 Å². The Balaban J connectivity index is 1.78. The summed E-state index contributed by atoms with van der Waals surface area (Å²) in [6.45, 7) is 3.97. The van der Waals surface area contributed by atoms with Crippen LogP contribution in [0.4, 0.5) is 8.78 Å². The molecule has 1 heterocycles. The second-order valence-electron chi connectivity index (χ2n) is 4.90. The second kappa shape index (κ2) is 6.93. The molecule has 1 saturated heterocycles. The van der Waals surface area contributed by atoms with Crippen LogP contribution in [0.25, 0.3) is 0 Å². The van der Waals surface area contributed by atoms with Crippen LogP contribution in [-0.4, -0.2) is 44.3 Å². The molecule has 1 fully saturated rings. The van der Waals surface area contributed by atoms with Crippen molar-refractivity contribution in [2.75, 3.05) is 33.4 Å². The smallest absolute Gasteiger partial charge is 0.127 e. The lowest BCUT2D eigenvalue weighted by atomic mass is 10.2. The Hall–Kier alpha value is -1.04. The van der Waals surface area contributed by atoms with Crippen molar-refractivity contribution >= 4 is 0 Å². The van der Waals surface area contributed by atoms with E-state index in [1.165, 1.54) is 12.1 Å². The molecule has 19 heavy (non-hydrogen) atoms. The van der Waals surface area contributed by atoms with Gasteiger partial charge >= 0.3 is 0 Å². The van der Waals surface area contributed by atoms with Gasteiger partial charge in [0.1, 0.15) is 11.6 Å². The normalized spacial score (nSPS) is 20.1. The third kappa shape index (κ3) is 4.23. The summed E-state index contributed by atoms with van der Waals surface area (Å²) >= 11 is 0. The molecule has 0 amide bonds. The lowest BCUT2D eigenvalue weighted by Gasteiger charge is -2.16. The Morgan fingerprint density at radius 2 is 2.26 bits per heavy atom. The first-order chi connectivity index (χ1) is 9.19. The van der Waals surface area contributed by atoms with E-state index >= 15 is 0 Å². The number of hydrogen-bond acceptors (Lipinski definition) is 3. The summed E-state index contributed by atoms with van der Waals surface area (Å²) in [5, 5.41) is 3.28. The van der Waals surface area contributed by atoms with E-state index < -0.39 is 5.82 Å². The minimum atomic E-state index is -0.397. The van der Waals surface area contributed by atoms with Crippen LogP contribution in [0.5, 0.6) is 0 Å². The van der Waals surface area contributed by atoms with Crippen LogP contribution in [-0.2, 0) is 11.3 Å². The largest absolute Gasteiger partial charge is 0.383 e. The zero-order valence-corrected chi connectivity index (χ0v) is 11.2. The van der Waals surface area contributed by atoms with Crippen molar-refractivity contribution in [2.24, 2.45) is 0 Å². The van der Waals surface area contributed by atoms with E-state index in [-0.39, 0.29) is 5.82 Å². The summed E-state index contributed by atoms with van der Waals surface area (Å²) in [7, 11) is 1.69. The quantitative estimate of drug-likeness (QED) is 0.852. The minimum Gasteiger partial charge on any atom is -0.383 e. The Labute approximate surface area is 112 Å². The number of ether oxygens (including phenoxy) is 1. The summed E-state index contributed by atoms with van der Waals surface area (Å²) in [6.07, 6.45) is 1.03. The van der Waals surface area contributed by atoms with Gasteiger partial charge in [-0.15, -0.1) is 0 Å². The summed E-state index contributed by atoms with van der Waals surface area (Å²) in [6, 6.07) is 3.90. The zero-order chi connectivity index (χ0) is 13.7. The molecule has 2 rings (SSSR count). The van der Waals surface area contributed by atoms with Crippen molar-refractivity contribution in [3.8, 4) is 0 Å². The first kappa shape index (κ1) is 14.4. The Kier molecular flexibility index (Phi) is 5.24. The molecule has 1 N–H and O–H groups in total. The van der Waals surface area contributed by atoms with Gasteiger partial charge in [0, 0.05) is 38.3 Å². The monoisotopic (exact) mass is 270 g/mol. The first-order valence-electron chi connectivity index (χ1n) is 6.57. The van der Waals surface area contributed by atoms with E-state index in [2.05, 4.69) is 10.2 Å². The number of hydrogen-bond donors (Lipinski definition) is 1. The van der Waals surface area contributed by atoms with Gasteiger partial charge in [0.05, 0.1) is 6.61 Å². The van der Waals surface area contributed by atoms with Crippen molar-refractivity contribution in [1.29, 1.82) is 0 Å². The van der Waals surface area contributed by atoms with Crippen molar-refractivity contribution in [3.63, 3.8) is 0 Å². The molecule has 0 aliphatic carbocycles. The van der Waals surface area contributed by atoms with Gasteiger partial charge in [0.15, 0.2) is 0 Å². The highest BCUT2D eigenvalue weighted by atomic mass is 19.1. The molecule has 1 atom stereocenters. The molecule has 0 radical (unpaired) electrons. The molecule has 0 aromatic heterocycles. The summed E-state index contributed by atoms with van der Waals surface area (Å²) in [5.74, 6) is -0.755. The van der Waals surface area contributed by atoms with Gasteiger partial charge in [-0.1, -0.05) is 0 Å². The summed E-state index contributed by atoms with van der Waals surface area (Å²) in [5.41, 5.74) is 0.385. The summed E-state index contributed by atoms with van der Waals surface area (Å²) in [4.78, 5) is 2.31. The predicted molar refractivity (Wildman–Crippen MR) is 69.9 cm³/mol. The van der Waals surface area contributed by atoms with Crippen molar-refractivity contribution in [1.82, 2.24) is 10.2 Å². The van der Waals surface area contributed by atoms with E-state index in [4.69, 9.17) is 4.74 Å². The van der Waals surface area contributed by atoms with E-state index in [1.54, 1.807) is 7.11 Å². The SMILES string of the molecule is COCCN1CCC(NCc2cc(F)ccc2F)C1. The maximum absolute atomic E-state index is 13.5. The number of rotatable bonds is 6. The van der Waals surface area contributed by atoms with Crippen LogP contribution in [0.3, 0.4) is 0 Å². The third-order valence-electron chi connectivity index (χ3n) is 3.47. The van der Waals surface area contributed by atoms with Gasteiger partial charge in [-0.05, 0) is 31.2 Å². The number of methoxy groups -OCH3 is 1. The van der Waals surface area contributed by atoms with Gasteiger partial charge in [-0.25, -0.2) is 8.78 Å². The zero-order valence-electron chi connectivity index (χ0n) is 11.2. The highest BCUT2D eigenvalue weighted by Gasteiger charge is 2.21. The Morgan fingerprint density at radius 1 is 1.42 bits per heavy atom. The topological polar surface area (TPSA) is 24.5 Å². The molecule has 1 aromatic carbocycles. The lowest BCUT2D eigenvalue weighted by Crippen LogP contribution is -2.33. The van der Waals surface area contributed by atoms with Crippen molar-refractivity contribution in [2.45, 2.75) is 19.0 Å². The Bertz CT molecular complexity index is 414. The fraction of sp³-hybridized carbons (Fsp3) is 0.571. The number of likely N-dealkylation sites (tertiary alicyclic amines) is 1. The van der Waals surface area contributed by atoms with Gasteiger partial charge in [0.25, 0.3) is 0 Å². The van der Waals surface area contributed by atoms with Crippen LogP contribution >= 0.6 is 0 Å². The number of benzene rings is 1. The number of nitrogens with one attached hydrogen (secondary N) is 1. The molecular formula is C14H20F2N2O. The van der Waals surface area contributed by atoms with E-state index in [1.807, 2.05) is 0 Å². The van der Waals surface area contributed by atoms with Gasteiger partial charge in [0.2, 0.25) is 0 Å². The maximum Gasteiger partial charge on any atom is 0.127 e. The van der Waals surface area contributed by atoms with Crippen LogP contribution in [0, 0.1) is 11.6 Å². The molecule has 0 saturated carbocycles.